The Bertz CT molecular complexity index is 520. The van der Waals surface area contributed by atoms with E-state index in [9.17, 15) is 9.59 Å². The number of aromatic carboxylic acids is 1. The fourth-order valence-electron chi connectivity index (χ4n) is 1.58. The number of rotatable bonds is 4. The molecule has 0 aromatic heterocycles. The zero-order valence-corrected chi connectivity index (χ0v) is 11.8. The average molecular weight is 265 g/mol. The van der Waals surface area contributed by atoms with Crippen molar-refractivity contribution in [2.75, 3.05) is 12.4 Å². The lowest BCUT2D eigenvalue weighted by atomic mass is 10.0. The molecule has 19 heavy (non-hydrogen) atoms. The summed E-state index contributed by atoms with van der Waals surface area (Å²) < 4.78 is 5.08. The first-order chi connectivity index (χ1) is 8.69. The minimum atomic E-state index is -1.01. The summed E-state index contributed by atoms with van der Waals surface area (Å²) in [7, 11) is 1.45. The predicted molar refractivity (Wildman–Crippen MR) is 72.6 cm³/mol. The lowest BCUT2D eigenvalue weighted by molar-refractivity contribution is -0.133. The summed E-state index contributed by atoms with van der Waals surface area (Å²) in [5, 5.41) is 11.8. The fraction of sp³-hybridized carbons (Fsp3) is 0.429. The van der Waals surface area contributed by atoms with Crippen molar-refractivity contribution in [3.8, 4) is 0 Å². The highest BCUT2D eigenvalue weighted by molar-refractivity contribution is 5.99. The van der Waals surface area contributed by atoms with Crippen LogP contribution >= 0.6 is 0 Å². The lowest BCUT2D eigenvalue weighted by Gasteiger charge is -2.22. The Morgan fingerprint density at radius 2 is 1.79 bits per heavy atom. The van der Waals surface area contributed by atoms with Gasteiger partial charge in [-0.15, -0.1) is 0 Å². The van der Waals surface area contributed by atoms with E-state index in [-0.39, 0.29) is 11.5 Å². The van der Waals surface area contributed by atoms with Gasteiger partial charge in [-0.05, 0) is 44.9 Å². The summed E-state index contributed by atoms with van der Waals surface area (Å²) in [6.45, 7) is 6.82. The Hall–Kier alpha value is -1.88. The number of carbonyl (C=O) groups excluding carboxylic acids is 1. The van der Waals surface area contributed by atoms with Crippen LogP contribution in [0.3, 0.4) is 0 Å². The standard InChI is InChI=1S/C14H19NO4/c1-8-6-9(2)11(7-10(8)12(16)17)15-13(18)14(3,4)19-5/h6-7H,1-5H3,(H,15,18)(H,16,17). The third-order valence-electron chi connectivity index (χ3n) is 3.11. The zero-order valence-electron chi connectivity index (χ0n) is 11.8. The molecule has 1 aromatic rings. The van der Waals surface area contributed by atoms with E-state index >= 15 is 0 Å². The molecule has 0 spiro atoms. The number of benzene rings is 1. The second-order valence-corrected chi connectivity index (χ2v) is 4.96. The predicted octanol–water partition coefficient (Wildman–Crippen LogP) is 2.37. The monoisotopic (exact) mass is 265 g/mol. The zero-order chi connectivity index (χ0) is 14.8. The molecule has 2 N–H and O–H groups in total. The molecule has 1 amide bonds. The number of aryl methyl sites for hydroxylation is 2. The molecule has 0 saturated heterocycles. The van der Waals surface area contributed by atoms with Crippen molar-refractivity contribution in [2.45, 2.75) is 33.3 Å². The number of ether oxygens (including phenoxy) is 1. The Balaban J connectivity index is 3.12. The molecule has 0 heterocycles. The quantitative estimate of drug-likeness (QED) is 0.876. The normalized spacial score (nSPS) is 11.2. The molecule has 1 rings (SSSR count). The second kappa shape index (κ2) is 5.40. The molecule has 0 aliphatic carbocycles. The highest BCUT2D eigenvalue weighted by atomic mass is 16.5. The van der Waals surface area contributed by atoms with Gasteiger partial charge in [-0.25, -0.2) is 4.79 Å². The van der Waals surface area contributed by atoms with Crippen LogP contribution in [0, 0.1) is 13.8 Å². The first kappa shape index (κ1) is 15.2. The van der Waals surface area contributed by atoms with Crippen molar-refractivity contribution in [3.63, 3.8) is 0 Å². The molecule has 1 aromatic carbocycles. The number of anilines is 1. The number of carboxylic acid groups (broad SMARTS) is 1. The first-order valence-corrected chi connectivity index (χ1v) is 5.90. The van der Waals surface area contributed by atoms with Crippen LogP contribution < -0.4 is 5.32 Å². The highest BCUT2D eigenvalue weighted by Crippen LogP contribution is 2.22. The van der Waals surface area contributed by atoms with E-state index < -0.39 is 11.6 Å². The maximum Gasteiger partial charge on any atom is 0.336 e. The van der Waals surface area contributed by atoms with Gasteiger partial charge in [0.1, 0.15) is 5.60 Å². The van der Waals surface area contributed by atoms with E-state index in [4.69, 9.17) is 9.84 Å². The van der Waals surface area contributed by atoms with Gasteiger partial charge in [0.25, 0.3) is 5.91 Å². The van der Waals surface area contributed by atoms with Crippen molar-refractivity contribution < 1.29 is 19.4 Å². The maximum atomic E-state index is 12.0. The molecule has 0 saturated carbocycles. The van der Waals surface area contributed by atoms with Gasteiger partial charge in [-0.3, -0.25) is 4.79 Å². The Labute approximate surface area is 112 Å². The lowest BCUT2D eigenvalue weighted by Crippen LogP contribution is -2.39. The van der Waals surface area contributed by atoms with Crippen LogP contribution in [0.25, 0.3) is 0 Å². The smallest absolute Gasteiger partial charge is 0.336 e. The number of hydrogen-bond donors (Lipinski definition) is 2. The summed E-state index contributed by atoms with van der Waals surface area (Å²) in [6.07, 6.45) is 0. The van der Waals surface area contributed by atoms with E-state index in [2.05, 4.69) is 5.32 Å². The number of carboxylic acids is 1. The Morgan fingerprint density at radius 3 is 2.26 bits per heavy atom. The molecule has 0 aliphatic heterocycles. The van der Waals surface area contributed by atoms with Crippen molar-refractivity contribution >= 4 is 17.6 Å². The first-order valence-electron chi connectivity index (χ1n) is 5.90. The minimum absolute atomic E-state index is 0.177. The van der Waals surface area contributed by atoms with Gasteiger partial charge in [0.2, 0.25) is 0 Å². The van der Waals surface area contributed by atoms with E-state index in [1.165, 1.54) is 13.2 Å². The molecule has 0 unspecified atom stereocenters. The van der Waals surface area contributed by atoms with Crippen LogP contribution in [-0.4, -0.2) is 29.7 Å². The summed E-state index contributed by atoms with van der Waals surface area (Å²) in [5.74, 6) is -1.34. The molecule has 5 nitrogen and oxygen atoms in total. The molecule has 5 heteroatoms. The summed E-state index contributed by atoms with van der Waals surface area (Å²) >= 11 is 0. The molecule has 0 fully saturated rings. The van der Waals surface area contributed by atoms with Gasteiger partial charge < -0.3 is 15.2 Å². The molecule has 104 valence electrons. The molecular weight excluding hydrogens is 246 g/mol. The van der Waals surface area contributed by atoms with Crippen molar-refractivity contribution in [1.82, 2.24) is 0 Å². The number of amides is 1. The van der Waals surface area contributed by atoms with E-state index in [0.29, 0.717) is 11.3 Å². The van der Waals surface area contributed by atoms with Crippen molar-refractivity contribution in [3.05, 3.63) is 28.8 Å². The summed E-state index contributed by atoms with van der Waals surface area (Å²) in [4.78, 5) is 23.1. The average Bonchev–Trinajstić information content (AvgIpc) is 2.31. The van der Waals surface area contributed by atoms with Gasteiger partial charge in [-0.1, -0.05) is 6.07 Å². The van der Waals surface area contributed by atoms with Crippen LogP contribution in [0.1, 0.15) is 35.3 Å². The third kappa shape index (κ3) is 3.32. The van der Waals surface area contributed by atoms with E-state index in [1.807, 2.05) is 6.92 Å². The molecule has 0 bridgehead atoms. The van der Waals surface area contributed by atoms with Crippen LogP contribution in [0.5, 0.6) is 0 Å². The van der Waals surface area contributed by atoms with Gasteiger partial charge in [0.05, 0.1) is 5.56 Å². The van der Waals surface area contributed by atoms with E-state index in [1.54, 1.807) is 26.8 Å². The van der Waals surface area contributed by atoms with Crippen LogP contribution in [0.2, 0.25) is 0 Å². The largest absolute Gasteiger partial charge is 0.478 e. The third-order valence-corrected chi connectivity index (χ3v) is 3.11. The molecule has 0 radical (unpaired) electrons. The number of hydrogen-bond acceptors (Lipinski definition) is 3. The van der Waals surface area contributed by atoms with Crippen molar-refractivity contribution in [2.24, 2.45) is 0 Å². The van der Waals surface area contributed by atoms with Gasteiger partial charge >= 0.3 is 5.97 Å². The SMILES string of the molecule is COC(C)(C)C(=O)Nc1cc(C(=O)O)c(C)cc1C. The molecule has 0 atom stereocenters. The number of carbonyl (C=O) groups is 2. The second-order valence-electron chi connectivity index (χ2n) is 4.96. The minimum Gasteiger partial charge on any atom is -0.478 e. The fourth-order valence-corrected chi connectivity index (χ4v) is 1.58. The van der Waals surface area contributed by atoms with Crippen molar-refractivity contribution in [1.29, 1.82) is 0 Å². The summed E-state index contributed by atoms with van der Waals surface area (Å²) in [6, 6.07) is 3.20. The van der Waals surface area contributed by atoms with Crippen LogP contribution in [-0.2, 0) is 9.53 Å². The van der Waals surface area contributed by atoms with E-state index in [0.717, 1.165) is 5.56 Å². The Kier molecular flexibility index (Phi) is 4.32. The summed E-state index contributed by atoms with van der Waals surface area (Å²) in [5.41, 5.74) is 1.16. The number of nitrogens with one attached hydrogen (secondary N) is 1. The van der Waals surface area contributed by atoms with Gasteiger partial charge in [0, 0.05) is 12.8 Å². The molecule has 0 aliphatic rings. The van der Waals surface area contributed by atoms with Gasteiger partial charge in [0.15, 0.2) is 0 Å². The maximum absolute atomic E-state index is 12.0. The highest BCUT2D eigenvalue weighted by Gasteiger charge is 2.27. The number of methoxy groups -OCH3 is 1. The Morgan fingerprint density at radius 1 is 1.21 bits per heavy atom. The van der Waals surface area contributed by atoms with Gasteiger partial charge in [-0.2, -0.15) is 0 Å². The molecular formula is C14H19NO4. The topological polar surface area (TPSA) is 75.6 Å². The van der Waals surface area contributed by atoms with Crippen LogP contribution in [0.4, 0.5) is 5.69 Å². The van der Waals surface area contributed by atoms with Crippen LogP contribution in [0.15, 0.2) is 12.1 Å².